The number of fused-ring (bicyclic) bond motifs is 1. The summed E-state index contributed by atoms with van der Waals surface area (Å²) in [4.78, 5) is 26.3. The fourth-order valence-corrected chi connectivity index (χ4v) is 2.85. The number of nitrogens with zero attached hydrogens (tertiary/aromatic N) is 2. The van der Waals surface area contributed by atoms with Gasteiger partial charge in [-0.2, -0.15) is 0 Å². The monoisotopic (exact) mass is 374 g/mol. The first-order valence-corrected chi connectivity index (χ1v) is 8.58. The minimum absolute atomic E-state index is 0.196. The number of ether oxygens (including phenoxy) is 1. The largest absolute Gasteiger partial charge is 0.492 e. The SMILES string of the molecule is CC(C(=O)N(C)CCOc1ccc(Cl)cc1)n1c(=O)oc2ccccc21. The van der Waals surface area contributed by atoms with Crippen molar-refractivity contribution in [2.75, 3.05) is 20.2 Å². The first-order valence-electron chi connectivity index (χ1n) is 8.21. The molecule has 0 aliphatic heterocycles. The molecule has 0 spiro atoms. The quantitative estimate of drug-likeness (QED) is 0.663. The Morgan fingerprint density at radius 1 is 1.23 bits per heavy atom. The summed E-state index contributed by atoms with van der Waals surface area (Å²) in [7, 11) is 1.68. The van der Waals surface area contributed by atoms with E-state index in [0.29, 0.717) is 35.0 Å². The maximum absolute atomic E-state index is 12.7. The van der Waals surface area contributed by atoms with Gasteiger partial charge in [-0.05, 0) is 43.3 Å². The summed E-state index contributed by atoms with van der Waals surface area (Å²) in [6, 6.07) is 13.4. The fraction of sp³-hybridized carbons (Fsp3) is 0.263. The number of carbonyl (C=O) groups excluding carboxylic acids is 1. The van der Waals surface area contributed by atoms with E-state index in [-0.39, 0.29) is 5.91 Å². The zero-order valence-electron chi connectivity index (χ0n) is 14.5. The minimum atomic E-state index is -0.674. The summed E-state index contributed by atoms with van der Waals surface area (Å²) in [5, 5.41) is 0.635. The van der Waals surface area contributed by atoms with Crippen LogP contribution in [0.5, 0.6) is 5.75 Å². The molecule has 0 N–H and O–H groups in total. The average Bonchev–Trinajstić information content (AvgIpc) is 2.97. The Morgan fingerprint density at radius 3 is 2.65 bits per heavy atom. The lowest BCUT2D eigenvalue weighted by Gasteiger charge is -2.22. The predicted molar refractivity (Wildman–Crippen MR) is 99.8 cm³/mol. The number of hydrogen-bond acceptors (Lipinski definition) is 4. The Kier molecular flexibility index (Phi) is 5.32. The van der Waals surface area contributed by atoms with Gasteiger partial charge < -0.3 is 14.1 Å². The highest BCUT2D eigenvalue weighted by Gasteiger charge is 2.23. The molecule has 0 fully saturated rings. The molecule has 0 bridgehead atoms. The Bertz CT molecular complexity index is 962. The van der Waals surface area contributed by atoms with E-state index in [2.05, 4.69) is 0 Å². The Balaban J connectivity index is 1.64. The van der Waals surface area contributed by atoms with Crippen molar-refractivity contribution in [3.8, 4) is 5.75 Å². The number of halogens is 1. The van der Waals surface area contributed by atoms with Crippen molar-refractivity contribution in [1.82, 2.24) is 9.47 Å². The number of oxazole rings is 1. The van der Waals surface area contributed by atoms with Gasteiger partial charge in [-0.15, -0.1) is 0 Å². The molecule has 1 heterocycles. The van der Waals surface area contributed by atoms with Crippen LogP contribution in [0, 0.1) is 0 Å². The van der Waals surface area contributed by atoms with Gasteiger partial charge >= 0.3 is 5.76 Å². The number of likely N-dealkylation sites (N-methyl/N-ethyl adjacent to an activating group) is 1. The molecule has 136 valence electrons. The third kappa shape index (κ3) is 3.75. The second-order valence-electron chi connectivity index (χ2n) is 5.94. The first kappa shape index (κ1) is 18.1. The van der Waals surface area contributed by atoms with Crippen molar-refractivity contribution in [1.29, 1.82) is 0 Å². The van der Waals surface area contributed by atoms with Crippen molar-refractivity contribution >= 4 is 28.6 Å². The highest BCUT2D eigenvalue weighted by atomic mass is 35.5. The molecular weight excluding hydrogens is 356 g/mol. The maximum Gasteiger partial charge on any atom is 0.420 e. The van der Waals surface area contributed by atoms with Gasteiger partial charge in [-0.25, -0.2) is 4.79 Å². The maximum atomic E-state index is 12.7. The third-order valence-electron chi connectivity index (χ3n) is 4.15. The molecule has 1 amide bonds. The van der Waals surface area contributed by atoms with Crippen LogP contribution in [0.3, 0.4) is 0 Å². The molecule has 1 atom stereocenters. The molecule has 7 heteroatoms. The second kappa shape index (κ2) is 7.66. The number of para-hydroxylation sites is 2. The molecule has 0 saturated heterocycles. The number of aromatic nitrogens is 1. The van der Waals surface area contributed by atoms with Crippen molar-refractivity contribution in [3.05, 3.63) is 64.1 Å². The summed E-state index contributed by atoms with van der Waals surface area (Å²) >= 11 is 5.83. The van der Waals surface area contributed by atoms with Gasteiger partial charge in [-0.1, -0.05) is 23.7 Å². The van der Waals surface area contributed by atoms with Crippen LogP contribution in [0.1, 0.15) is 13.0 Å². The predicted octanol–water partition coefficient (Wildman–Crippen LogP) is 3.35. The number of amides is 1. The Hall–Kier alpha value is -2.73. The van der Waals surface area contributed by atoms with E-state index in [1.54, 1.807) is 62.5 Å². The summed E-state index contributed by atoms with van der Waals surface area (Å²) in [6.45, 7) is 2.40. The topological polar surface area (TPSA) is 64.7 Å². The molecule has 0 radical (unpaired) electrons. The van der Waals surface area contributed by atoms with Crippen LogP contribution < -0.4 is 10.5 Å². The number of hydrogen-bond donors (Lipinski definition) is 0. The van der Waals surface area contributed by atoms with Crippen LogP contribution in [-0.2, 0) is 4.79 Å². The smallest absolute Gasteiger partial charge is 0.420 e. The molecule has 1 aromatic heterocycles. The van der Waals surface area contributed by atoms with Crippen molar-refractivity contribution in [2.45, 2.75) is 13.0 Å². The fourth-order valence-electron chi connectivity index (χ4n) is 2.72. The molecule has 1 unspecified atom stereocenters. The lowest BCUT2D eigenvalue weighted by atomic mass is 10.2. The number of carbonyl (C=O) groups is 1. The van der Waals surface area contributed by atoms with Crippen LogP contribution in [0.4, 0.5) is 0 Å². The van der Waals surface area contributed by atoms with Crippen molar-refractivity contribution in [3.63, 3.8) is 0 Å². The summed E-state index contributed by atoms with van der Waals surface area (Å²) < 4.78 is 12.2. The standard InChI is InChI=1S/C19H19ClN2O4/c1-13(22-16-5-3-4-6-17(16)26-19(22)24)18(23)21(2)11-12-25-15-9-7-14(20)8-10-15/h3-10,13H,11-12H2,1-2H3. The van der Waals surface area contributed by atoms with Gasteiger partial charge in [0.2, 0.25) is 5.91 Å². The normalized spacial score (nSPS) is 12.1. The van der Waals surface area contributed by atoms with E-state index in [4.69, 9.17) is 20.8 Å². The molecule has 3 aromatic rings. The van der Waals surface area contributed by atoms with Crippen LogP contribution in [0.15, 0.2) is 57.7 Å². The van der Waals surface area contributed by atoms with Gasteiger partial charge in [0.05, 0.1) is 12.1 Å². The zero-order valence-corrected chi connectivity index (χ0v) is 15.3. The van der Waals surface area contributed by atoms with E-state index in [9.17, 15) is 9.59 Å². The average molecular weight is 375 g/mol. The van der Waals surface area contributed by atoms with E-state index in [1.807, 2.05) is 0 Å². The van der Waals surface area contributed by atoms with Crippen LogP contribution in [-0.4, -0.2) is 35.6 Å². The lowest BCUT2D eigenvalue weighted by Crippen LogP contribution is -2.38. The number of rotatable bonds is 6. The first-order chi connectivity index (χ1) is 12.5. The van der Waals surface area contributed by atoms with Gasteiger partial charge in [0, 0.05) is 12.1 Å². The molecule has 0 saturated carbocycles. The molecule has 0 aliphatic rings. The van der Waals surface area contributed by atoms with Gasteiger partial charge in [-0.3, -0.25) is 9.36 Å². The van der Waals surface area contributed by atoms with E-state index in [0.717, 1.165) is 0 Å². The van der Waals surface area contributed by atoms with Crippen LogP contribution in [0.25, 0.3) is 11.1 Å². The second-order valence-corrected chi connectivity index (χ2v) is 6.38. The van der Waals surface area contributed by atoms with Crippen LogP contribution in [0.2, 0.25) is 5.02 Å². The molecule has 6 nitrogen and oxygen atoms in total. The summed E-state index contributed by atoms with van der Waals surface area (Å²) in [6.07, 6.45) is 0. The molecule has 2 aromatic carbocycles. The highest BCUT2D eigenvalue weighted by Crippen LogP contribution is 2.18. The van der Waals surface area contributed by atoms with Gasteiger partial charge in [0.25, 0.3) is 0 Å². The Morgan fingerprint density at radius 2 is 1.92 bits per heavy atom. The van der Waals surface area contributed by atoms with E-state index >= 15 is 0 Å². The van der Waals surface area contributed by atoms with E-state index < -0.39 is 11.8 Å². The molecule has 3 rings (SSSR count). The van der Waals surface area contributed by atoms with Crippen molar-refractivity contribution < 1.29 is 13.9 Å². The van der Waals surface area contributed by atoms with Crippen molar-refractivity contribution in [2.24, 2.45) is 0 Å². The number of benzene rings is 2. The summed E-state index contributed by atoms with van der Waals surface area (Å²) in [5.41, 5.74) is 1.06. The third-order valence-corrected chi connectivity index (χ3v) is 4.40. The van der Waals surface area contributed by atoms with Gasteiger partial charge in [0.15, 0.2) is 5.58 Å². The lowest BCUT2D eigenvalue weighted by molar-refractivity contribution is -0.133. The van der Waals surface area contributed by atoms with E-state index in [1.165, 1.54) is 9.47 Å². The minimum Gasteiger partial charge on any atom is -0.492 e. The van der Waals surface area contributed by atoms with Gasteiger partial charge in [0.1, 0.15) is 18.4 Å². The Labute approximate surface area is 155 Å². The highest BCUT2D eigenvalue weighted by molar-refractivity contribution is 6.30. The molecule has 26 heavy (non-hydrogen) atoms. The molecular formula is C19H19ClN2O4. The molecule has 0 aliphatic carbocycles. The zero-order chi connectivity index (χ0) is 18.7. The summed E-state index contributed by atoms with van der Waals surface area (Å²) in [5.74, 6) is -0.0587. The van der Waals surface area contributed by atoms with Crippen LogP contribution >= 0.6 is 11.6 Å².